The van der Waals surface area contributed by atoms with E-state index in [0.717, 1.165) is 0 Å². The van der Waals surface area contributed by atoms with Gasteiger partial charge in [0.1, 0.15) is 19.3 Å². The van der Waals surface area contributed by atoms with E-state index in [1.807, 2.05) is 27.1 Å². The zero-order chi connectivity index (χ0) is 12.1. The Morgan fingerprint density at radius 3 is 2.88 bits per heavy atom. The van der Waals surface area contributed by atoms with Gasteiger partial charge in [-0.25, -0.2) is 0 Å². The van der Waals surface area contributed by atoms with Crippen molar-refractivity contribution in [2.45, 2.75) is 33.1 Å². The van der Waals surface area contributed by atoms with Gasteiger partial charge < -0.3 is 9.52 Å². The summed E-state index contributed by atoms with van der Waals surface area (Å²) in [5, 5.41) is 8.91. The van der Waals surface area contributed by atoms with Gasteiger partial charge in [-0.05, 0) is 13.0 Å². The third-order valence-electron chi connectivity index (χ3n) is 2.58. The van der Waals surface area contributed by atoms with Crippen LogP contribution in [-0.4, -0.2) is 12.4 Å². The summed E-state index contributed by atoms with van der Waals surface area (Å²) in [4.78, 5) is 11.7. The molecule has 0 amide bonds. The third kappa shape index (κ3) is 2.86. The van der Waals surface area contributed by atoms with Crippen molar-refractivity contribution in [1.29, 1.82) is 0 Å². The first-order valence-corrected chi connectivity index (χ1v) is 5.30. The number of hydrogen-bond donors (Lipinski definition) is 1. The van der Waals surface area contributed by atoms with E-state index in [2.05, 4.69) is 0 Å². The Kier molecular flexibility index (Phi) is 4.56. The molecule has 0 aromatic carbocycles. The largest absolute Gasteiger partial charge is 0.464 e. The molecule has 1 radical (unpaired) electrons. The van der Waals surface area contributed by atoms with Gasteiger partial charge in [0.2, 0.25) is 0 Å². The number of rotatable bonds is 4. The Morgan fingerprint density at radius 1 is 1.62 bits per heavy atom. The summed E-state index contributed by atoms with van der Waals surface area (Å²) in [5.74, 6) is 0.887. The van der Waals surface area contributed by atoms with Gasteiger partial charge in [-0.3, -0.25) is 4.79 Å². The Labute approximate surface area is 96.0 Å². The molecular formula is C12H16BO3. The van der Waals surface area contributed by atoms with E-state index < -0.39 is 0 Å². The molecule has 1 aromatic rings. The lowest BCUT2D eigenvalue weighted by Crippen LogP contribution is -2.12. The Hall–Kier alpha value is -1.29. The minimum absolute atomic E-state index is 0.151. The molecule has 0 bridgehead atoms. The van der Waals surface area contributed by atoms with Crippen LogP contribution in [0.25, 0.3) is 6.08 Å². The van der Waals surface area contributed by atoms with Crippen molar-refractivity contribution in [3.63, 3.8) is 0 Å². The Balaban J connectivity index is 3.04. The lowest BCUT2D eigenvalue weighted by Gasteiger charge is -2.02. The molecule has 0 aliphatic carbocycles. The van der Waals surface area contributed by atoms with E-state index in [4.69, 9.17) is 9.52 Å². The SMILES string of the molecule is C[B]C(C)/C=C\c1occ(CO)c(=O)c1C. The van der Waals surface area contributed by atoms with E-state index in [-0.39, 0.29) is 12.0 Å². The highest BCUT2D eigenvalue weighted by molar-refractivity contribution is 6.36. The normalized spacial score (nSPS) is 13.0. The maximum absolute atomic E-state index is 11.7. The van der Waals surface area contributed by atoms with Crippen LogP contribution in [0.15, 0.2) is 21.6 Å². The first-order valence-electron chi connectivity index (χ1n) is 5.30. The number of aliphatic hydroxyl groups is 1. The molecule has 85 valence electrons. The van der Waals surface area contributed by atoms with Gasteiger partial charge in [0.25, 0.3) is 0 Å². The molecule has 1 atom stereocenters. The van der Waals surface area contributed by atoms with Gasteiger partial charge in [0.15, 0.2) is 5.43 Å². The summed E-state index contributed by atoms with van der Waals surface area (Å²) < 4.78 is 5.30. The van der Waals surface area contributed by atoms with Gasteiger partial charge in [0, 0.05) is 5.56 Å². The molecule has 3 nitrogen and oxygen atoms in total. The van der Waals surface area contributed by atoms with Crippen LogP contribution in [0.5, 0.6) is 0 Å². The topological polar surface area (TPSA) is 50.4 Å². The zero-order valence-corrected chi connectivity index (χ0v) is 9.86. The summed E-state index contributed by atoms with van der Waals surface area (Å²) >= 11 is 0. The number of hydrogen-bond acceptors (Lipinski definition) is 3. The van der Waals surface area contributed by atoms with Crippen LogP contribution < -0.4 is 5.43 Å². The van der Waals surface area contributed by atoms with E-state index in [9.17, 15) is 4.79 Å². The van der Waals surface area contributed by atoms with Crippen LogP contribution in [-0.2, 0) is 6.61 Å². The molecule has 1 rings (SSSR count). The third-order valence-corrected chi connectivity index (χ3v) is 2.58. The van der Waals surface area contributed by atoms with Crippen molar-refractivity contribution in [2.75, 3.05) is 0 Å². The summed E-state index contributed by atoms with van der Waals surface area (Å²) in [6, 6.07) is 0. The van der Waals surface area contributed by atoms with E-state index in [0.29, 0.717) is 22.7 Å². The molecule has 1 unspecified atom stereocenters. The molecule has 0 aliphatic heterocycles. The summed E-state index contributed by atoms with van der Waals surface area (Å²) in [7, 11) is 2.05. The van der Waals surface area contributed by atoms with E-state index in [1.54, 1.807) is 13.0 Å². The van der Waals surface area contributed by atoms with Crippen molar-refractivity contribution < 1.29 is 9.52 Å². The number of allylic oxidation sites excluding steroid dienone is 1. The first-order chi connectivity index (χ1) is 7.60. The predicted octanol–water partition coefficient (Wildman–Crippen LogP) is 2.01. The smallest absolute Gasteiger partial charge is 0.193 e. The predicted molar refractivity (Wildman–Crippen MR) is 65.7 cm³/mol. The monoisotopic (exact) mass is 219 g/mol. The molecule has 1 heterocycles. The molecule has 0 saturated heterocycles. The highest BCUT2D eigenvalue weighted by Gasteiger charge is 2.07. The molecule has 4 heteroatoms. The van der Waals surface area contributed by atoms with Gasteiger partial charge in [0.05, 0.1) is 12.2 Å². The second-order valence-electron chi connectivity index (χ2n) is 3.79. The Bertz CT molecular complexity index is 434. The van der Waals surface area contributed by atoms with Crippen LogP contribution in [0, 0.1) is 6.92 Å². The van der Waals surface area contributed by atoms with Crippen LogP contribution in [0.2, 0.25) is 12.6 Å². The Morgan fingerprint density at radius 2 is 2.31 bits per heavy atom. The van der Waals surface area contributed by atoms with Crippen LogP contribution in [0.4, 0.5) is 0 Å². The van der Waals surface area contributed by atoms with Crippen molar-refractivity contribution in [3.05, 3.63) is 39.4 Å². The van der Waals surface area contributed by atoms with E-state index in [1.165, 1.54) is 6.26 Å². The molecule has 0 fully saturated rings. The minimum Gasteiger partial charge on any atom is -0.464 e. The fourth-order valence-corrected chi connectivity index (χ4v) is 1.25. The van der Waals surface area contributed by atoms with Gasteiger partial charge in [-0.1, -0.05) is 25.6 Å². The van der Waals surface area contributed by atoms with Crippen LogP contribution in [0.1, 0.15) is 23.8 Å². The molecule has 16 heavy (non-hydrogen) atoms. The maximum Gasteiger partial charge on any atom is 0.193 e. The van der Waals surface area contributed by atoms with Crippen molar-refractivity contribution in [1.82, 2.24) is 0 Å². The average Bonchev–Trinajstić information content (AvgIpc) is 2.30. The van der Waals surface area contributed by atoms with Gasteiger partial charge in [-0.15, -0.1) is 0 Å². The first kappa shape index (κ1) is 12.8. The van der Waals surface area contributed by atoms with Crippen molar-refractivity contribution >= 4 is 13.4 Å². The quantitative estimate of drug-likeness (QED) is 0.788. The molecule has 1 aromatic heterocycles. The second-order valence-corrected chi connectivity index (χ2v) is 3.79. The van der Waals surface area contributed by atoms with Crippen molar-refractivity contribution in [3.8, 4) is 0 Å². The average molecular weight is 219 g/mol. The molecule has 0 spiro atoms. The molecular weight excluding hydrogens is 203 g/mol. The highest BCUT2D eigenvalue weighted by atomic mass is 16.3. The summed E-state index contributed by atoms with van der Waals surface area (Å²) in [5.41, 5.74) is 0.678. The molecule has 0 aliphatic rings. The van der Waals surface area contributed by atoms with Gasteiger partial charge >= 0.3 is 0 Å². The summed E-state index contributed by atoms with van der Waals surface area (Å²) in [6.07, 6.45) is 5.07. The fourth-order valence-electron chi connectivity index (χ4n) is 1.25. The summed E-state index contributed by atoms with van der Waals surface area (Å²) in [6.45, 7) is 5.44. The van der Waals surface area contributed by atoms with Gasteiger partial charge in [-0.2, -0.15) is 0 Å². The van der Waals surface area contributed by atoms with Crippen molar-refractivity contribution in [2.24, 2.45) is 0 Å². The van der Waals surface area contributed by atoms with Crippen LogP contribution in [0.3, 0.4) is 0 Å². The second kappa shape index (κ2) is 5.70. The zero-order valence-electron chi connectivity index (χ0n) is 9.86. The molecule has 0 saturated carbocycles. The standard InChI is InChI=1S/C12H16BO3/c1-8(13-3)4-5-11-9(2)12(15)10(6-14)7-16-11/h4-5,7-8,14H,6H2,1-3H3/b5-4-. The number of aliphatic hydroxyl groups excluding tert-OH is 1. The minimum atomic E-state index is -0.285. The molecule has 1 N–H and O–H groups in total. The highest BCUT2D eigenvalue weighted by Crippen LogP contribution is 2.11. The maximum atomic E-state index is 11.7. The van der Waals surface area contributed by atoms with Crippen LogP contribution >= 0.6 is 0 Å². The fraction of sp³-hybridized carbons (Fsp3) is 0.417. The van der Waals surface area contributed by atoms with E-state index >= 15 is 0 Å². The lowest BCUT2D eigenvalue weighted by molar-refractivity contribution is 0.276. The lowest BCUT2D eigenvalue weighted by atomic mass is 9.68.